The first-order valence-corrected chi connectivity index (χ1v) is 8.31. The van der Waals surface area contributed by atoms with E-state index in [0.29, 0.717) is 5.92 Å². The topological polar surface area (TPSA) is 17.1 Å². The molecule has 0 fully saturated rings. The van der Waals surface area contributed by atoms with Gasteiger partial charge in [-0.15, -0.1) is 0 Å². The molecule has 0 heterocycles. The predicted molar refractivity (Wildman–Crippen MR) is 97.3 cm³/mol. The minimum absolute atomic E-state index is 0.135. The molecule has 0 saturated heterocycles. The number of carbonyl (C=O) groups is 1. The Morgan fingerprint density at radius 1 is 0.952 bits per heavy atom. The highest BCUT2D eigenvalue weighted by atomic mass is 127. The standard InChI is InChI=1S/C19H21IO/c1-11(2)15-8-13(4)18(14(5)9-15)19(21)17-10-16(20)7-6-12(17)3/h6-11H,1-5H3. The van der Waals surface area contributed by atoms with Crippen LogP contribution in [0.4, 0.5) is 0 Å². The number of rotatable bonds is 3. The summed E-state index contributed by atoms with van der Waals surface area (Å²) in [6.45, 7) is 10.4. The van der Waals surface area contributed by atoms with Crippen molar-refractivity contribution in [2.24, 2.45) is 0 Å². The van der Waals surface area contributed by atoms with Crippen molar-refractivity contribution in [3.8, 4) is 0 Å². The Labute approximate surface area is 140 Å². The van der Waals surface area contributed by atoms with Gasteiger partial charge in [-0.1, -0.05) is 32.0 Å². The molecule has 0 saturated carbocycles. The fourth-order valence-corrected chi connectivity index (χ4v) is 3.15. The largest absolute Gasteiger partial charge is 0.289 e. The highest BCUT2D eigenvalue weighted by Crippen LogP contribution is 2.26. The first-order chi connectivity index (χ1) is 9.81. The van der Waals surface area contributed by atoms with E-state index in [-0.39, 0.29) is 5.78 Å². The van der Waals surface area contributed by atoms with Crippen molar-refractivity contribution in [2.45, 2.75) is 40.5 Å². The third-order valence-corrected chi connectivity index (χ3v) is 4.56. The van der Waals surface area contributed by atoms with Crippen LogP contribution < -0.4 is 0 Å². The predicted octanol–water partition coefficient (Wildman–Crippen LogP) is 5.57. The van der Waals surface area contributed by atoms with Gasteiger partial charge in [-0.25, -0.2) is 0 Å². The number of hydrogen-bond acceptors (Lipinski definition) is 1. The van der Waals surface area contributed by atoms with Crippen LogP contribution in [0, 0.1) is 24.3 Å². The summed E-state index contributed by atoms with van der Waals surface area (Å²) in [6.07, 6.45) is 0. The van der Waals surface area contributed by atoms with E-state index in [4.69, 9.17) is 0 Å². The molecule has 2 aromatic rings. The zero-order valence-corrected chi connectivity index (χ0v) is 15.4. The lowest BCUT2D eigenvalue weighted by atomic mass is 9.89. The van der Waals surface area contributed by atoms with Crippen molar-refractivity contribution >= 4 is 28.4 Å². The summed E-state index contributed by atoms with van der Waals surface area (Å²) in [7, 11) is 0. The van der Waals surface area contributed by atoms with Crippen LogP contribution in [0.15, 0.2) is 30.3 Å². The summed E-state index contributed by atoms with van der Waals surface area (Å²) < 4.78 is 1.09. The molecule has 110 valence electrons. The van der Waals surface area contributed by atoms with Gasteiger partial charge in [0.1, 0.15) is 0 Å². The number of ketones is 1. The van der Waals surface area contributed by atoms with E-state index < -0.39 is 0 Å². The average molecular weight is 392 g/mol. The van der Waals surface area contributed by atoms with Crippen molar-refractivity contribution in [2.75, 3.05) is 0 Å². The lowest BCUT2D eigenvalue weighted by Crippen LogP contribution is -2.09. The number of halogens is 1. The van der Waals surface area contributed by atoms with Crippen LogP contribution >= 0.6 is 22.6 Å². The molecule has 0 aliphatic carbocycles. The Kier molecular flexibility index (Phi) is 4.87. The van der Waals surface area contributed by atoms with Crippen molar-refractivity contribution in [3.05, 3.63) is 67.3 Å². The maximum Gasteiger partial charge on any atom is 0.193 e. The minimum Gasteiger partial charge on any atom is -0.289 e. The Balaban J connectivity index is 2.56. The minimum atomic E-state index is 0.135. The molecule has 0 aliphatic rings. The highest BCUT2D eigenvalue weighted by molar-refractivity contribution is 14.1. The summed E-state index contributed by atoms with van der Waals surface area (Å²) in [5.41, 5.74) is 6.13. The van der Waals surface area contributed by atoms with Crippen molar-refractivity contribution in [3.63, 3.8) is 0 Å². The monoisotopic (exact) mass is 392 g/mol. The third-order valence-electron chi connectivity index (χ3n) is 3.89. The van der Waals surface area contributed by atoms with Gasteiger partial charge in [0.2, 0.25) is 0 Å². The molecule has 0 amide bonds. The summed E-state index contributed by atoms with van der Waals surface area (Å²) in [4.78, 5) is 12.9. The SMILES string of the molecule is Cc1ccc(I)cc1C(=O)c1c(C)cc(C(C)C)cc1C. The van der Waals surface area contributed by atoms with E-state index in [1.807, 2.05) is 39.0 Å². The van der Waals surface area contributed by atoms with Gasteiger partial charge < -0.3 is 0 Å². The van der Waals surface area contributed by atoms with Crippen LogP contribution in [0.3, 0.4) is 0 Å². The molecule has 21 heavy (non-hydrogen) atoms. The molecule has 0 spiro atoms. The summed E-state index contributed by atoms with van der Waals surface area (Å²) in [5, 5.41) is 0. The molecular weight excluding hydrogens is 371 g/mol. The summed E-state index contributed by atoms with van der Waals surface area (Å²) in [6, 6.07) is 10.3. The second-order valence-corrected chi connectivity index (χ2v) is 7.22. The zero-order chi connectivity index (χ0) is 15.7. The number of hydrogen-bond donors (Lipinski definition) is 0. The molecule has 0 unspecified atom stereocenters. The Bertz CT molecular complexity index is 676. The summed E-state index contributed by atoms with van der Waals surface area (Å²) in [5.74, 6) is 0.613. The van der Waals surface area contributed by atoms with Crippen LogP contribution in [-0.2, 0) is 0 Å². The molecule has 0 atom stereocenters. The number of benzene rings is 2. The van der Waals surface area contributed by atoms with Gasteiger partial charge in [0.15, 0.2) is 5.78 Å². The maximum absolute atomic E-state index is 12.9. The smallest absolute Gasteiger partial charge is 0.193 e. The molecule has 2 rings (SSSR count). The Morgan fingerprint density at radius 3 is 2.05 bits per heavy atom. The molecule has 0 N–H and O–H groups in total. The van der Waals surface area contributed by atoms with Crippen molar-refractivity contribution in [1.82, 2.24) is 0 Å². The fraction of sp³-hybridized carbons (Fsp3) is 0.316. The number of aryl methyl sites for hydroxylation is 3. The molecule has 1 nitrogen and oxygen atoms in total. The first kappa shape index (κ1) is 16.2. The molecular formula is C19H21IO. The van der Waals surface area contributed by atoms with Gasteiger partial charge >= 0.3 is 0 Å². The van der Waals surface area contributed by atoms with Crippen molar-refractivity contribution in [1.29, 1.82) is 0 Å². The van der Waals surface area contributed by atoms with Gasteiger partial charge in [-0.05, 0) is 83.7 Å². The van der Waals surface area contributed by atoms with Crippen LogP contribution in [0.25, 0.3) is 0 Å². The molecule has 0 radical (unpaired) electrons. The first-order valence-electron chi connectivity index (χ1n) is 7.23. The van der Waals surface area contributed by atoms with Crippen LogP contribution in [0.2, 0.25) is 0 Å². The zero-order valence-electron chi connectivity index (χ0n) is 13.3. The van der Waals surface area contributed by atoms with Crippen molar-refractivity contribution < 1.29 is 4.79 Å². The maximum atomic E-state index is 12.9. The van der Waals surface area contributed by atoms with Gasteiger partial charge in [0.05, 0.1) is 0 Å². The van der Waals surface area contributed by atoms with E-state index in [0.717, 1.165) is 31.4 Å². The lowest BCUT2D eigenvalue weighted by Gasteiger charge is -2.15. The van der Waals surface area contributed by atoms with Gasteiger partial charge in [-0.2, -0.15) is 0 Å². The van der Waals surface area contributed by atoms with Gasteiger partial charge in [0.25, 0.3) is 0 Å². The highest BCUT2D eigenvalue weighted by Gasteiger charge is 2.18. The van der Waals surface area contributed by atoms with Crippen LogP contribution in [0.1, 0.15) is 57.9 Å². The van der Waals surface area contributed by atoms with E-state index in [1.54, 1.807) is 0 Å². The normalized spacial score (nSPS) is 11.0. The van der Waals surface area contributed by atoms with Crippen LogP contribution in [-0.4, -0.2) is 5.78 Å². The fourth-order valence-electron chi connectivity index (χ4n) is 2.66. The van der Waals surface area contributed by atoms with E-state index in [2.05, 4.69) is 48.6 Å². The second kappa shape index (κ2) is 6.30. The lowest BCUT2D eigenvalue weighted by molar-refractivity contribution is 0.103. The van der Waals surface area contributed by atoms with E-state index >= 15 is 0 Å². The summed E-state index contributed by atoms with van der Waals surface area (Å²) >= 11 is 2.25. The Hall–Kier alpha value is -1.16. The Morgan fingerprint density at radius 2 is 1.52 bits per heavy atom. The number of carbonyl (C=O) groups excluding carboxylic acids is 1. The van der Waals surface area contributed by atoms with E-state index in [9.17, 15) is 4.79 Å². The third kappa shape index (κ3) is 3.37. The van der Waals surface area contributed by atoms with Crippen LogP contribution in [0.5, 0.6) is 0 Å². The second-order valence-electron chi connectivity index (χ2n) is 5.97. The van der Waals surface area contributed by atoms with E-state index in [1.165, 1.54) is 5.56 Å². The molecule has 0 bridgehead atoms. The average Bonchev–Trinajstić information content (AvgIpc) is 2.40. The molecule has 2 aromatic carbocycles. The van der Waals surface area contributed by atoms with Gasteiger partial charge in [0, 0.05) is 14.7 Å². The quantitative estimate of drug-likeness (QED) is 0.493. The van der Waals surface area contributed by atoms with Gasteiger partial charge in [-0.3, -0.25) is 4.79 Å². The molecule has 0 aromatic heterocycles. The molecule has 0 aliphatic heterocycles. The molecule has 2 heteroatoms.